The number of hydrogen-bond donors (Lipinski definition) is 1. The van der Waals surface area contributed by atoms with Crippen LogP contribution in [0.25, 0.3) is 0 Å². The molecule has 1 aliphatic rings. The maximum atomic E-state index is 12.5. The van der Waals surface area contributed by atoms with E-state index in [4.69, 9.17) is 0 Å². The molecule has 2 rings (SSSR count). The van der Waals surface area contributed by atoms with Crippen molar-refractivity contribution in [3.05, 3.63) is 35.4 Å². The van der Waals surface area contributed by atoms with Crippen molar-refractivity contribution < 1.29 is 4.79 Å². The molecule has 3 heteroatoms. The van der Waals surface area contributed by atoms with Crippen molar-refractivity contribution in [1.82, 2.24) is 5.32 Å². The highest BCUT2D eigenvalue weighted by atomic mass is 79.9. The van der Waals surface area contributed by atoms with Gasteiger partial charge in [-0.3, -0.25) is 4.79 Å². The molecule has 0 saturated carbocycles. The van der Waals surface area contributed by atoms with E-state index in [1.54, 1.807) is 0 Å². The quantitative estimate of drug-likeness (QED) is 0.766. The Morgan fingerprint density at radius 3 is 2.85 bits per heavy atom. The Morgan fingerprint density at radius 2 is 2.15 bits per heavy atom. The summed E-state index contributed by atoms with van der Waals surface area (Å²) < 4.78 is 0. The molecule has 2 nitrogen and oxygen atoms in total. The van der Waals surface area contributed by atoms with Gasteiger partial charge in [-0.1, -0.05) is 66.9 Å². The first kappa shape index (κ1) is 15.6. The minimum atomic E-state index is 0.120. The van der Waals surface area contributed by atoms with Gasteiger partial charge in [0.2, 0.25) is 5.91 Å². The fourth-order valence-electron chi connectivity index (χ4n) is 2.96. The van der Waals surface area contributed by atoms with Crippen molar-refractivity contribution >= 4 is 21.8 Å². The van der Waals surface area contributed by atoms with E-state index >= 15 is 0 Å². The molecule has 1 aromatic rings. The van der Waals surface area contributed by atoms with E-state index in [0.29, 0.717) is 4.83 Å². The number of carbonyl (C=O) groups excluding carboxylic acids is 1. The summed E-state index contributed by atoms with van der Waals surface area (Å²) in [5, 5.41) is 3.26. The number of unbranched alkanes of at least 4 members (excludes halogenated alkanes) is 1. The first-order valence-corrected chi connectivity index (χ1v) is 8.61. The average Bonchev–Trinajstić information content (AvgIpc) is 2.76. The van der Waals surface area contributed by atoms with Gasteiger partial charge in [-0.2, -0.15) is 0 Å². The van der Waals surface area contributed by atoms with Crippen LogP contribution < -0.4 is 5.32 Å². The third-order valence-corrected chi connectivity index (χ3v) is 5.09. The summed E-state index contributed by atoms with van der Waals surface area (Å²) in [4.78, 5) is 12.8. The number of amides is 1. The van der Waals surface area contributed by atoms with E-state index in [-0.39, 0.29) is 17.9 Å². The predicted molar refractivity (Wildman–Crippen MR) is 87.1 cm³/mol. The number of halogens is 1. The van der Waals surface area contributed by atoms with E-state index in [1.807, 2.05) is 0 Å². The van der Waals surface area contributed by atoms with E-state index in [2.05, 4.69) is 59.4 Å². The second kappa shape index (κ2) is 7.26. The Bertz CT molecular complexity index is 460. The van der Waals surface area contributed by atoms with Gasteiger partial charge in [0.1, 0.15) is 0 Å². The fraction of sp³-hybridized carbons (Fsp3) is 0.588. The van der Waals surface area contributed by atoms with Gasteiger partial charge in [-0.15, -0.1) is 0 Å². The zero-order chi connectivity index (χ0) is 14.5. The SMILES string of the molecule is CCCCC(CC)C(=O)NC1c2ccccc2CC1Br. The molecule has 1 aromatic carbocycles. The Labute approximate surface area is 130 Å². The van der Waals surface area contributed by atoms with Gasteiger partial charge in [-0.05, 0) is 30.4 Å². The monoisotopic (exact) mass is 337 g/mol. The molecule has 1 aliphatic carbocycles. The number of hydrogen-bond acceptors (Lipinski definition) is 1. The zero-order valence-corrected chi connectivity index (χ0v) is 13.9. The number of rotatable bonds is 6. The van der Waals surface area contributed by atoms with Crippen LogP contribution in [0.15, 0.2) is 24.3 Å². The topological polar surface area (TPSA) is 29.1 Å². The van der Waals surface area contributed by atoms with Crippen LogP contribution in [-0.4, -0.2) is 10.7 Å². The van der Waals surface area contributed by atoms with Gasteiger partial charge >= 0.3 is 0 Å². The Morgan fingerprint density at radius 1 is 1.40 bits per heavy atom. The molecule has 0 heterocycles. The fourth-order valence-corrected chi connectivity index (χ4v) is 3.72. The van der Waals surface area contributed by atoms with Crippen LogP contribution in [0.4, 0.5) is 0 Å². The third kappa shape index (κ3) is 3.43. The summed E-state index contributed by atoms with van der Waals surface area (Å²) in [5.41, 5.74) is 2.62. The first-order chi connectivity index (χ1) is 9.67. The molecule has 3 unspecified atom stereocenters. The number of nitrogens with one attached hydrogen (secondary N) is 1. The number of carbonyl (C=O) groups is 1. The molecule has 3 atom stereocenters. The predicted octanol–water partition coefficient (Wildman–Crippen LogP) is 4.38. The normalized spacial score (nSPS) is 22.4. The van der Waals surface area contributed by atoms with E-state index in [0.717, 1.165) is 32.1 Å². The molecule has 110 valence electrons. The smallest absolute Gasteiger partial charge is 0.223 e. The lowest BCUT2D eigenvalue weighted by Gasteiger charge is -2.21. The molecule has 0 aliphatic heterocycles. The van der Waals surface area contributed by atoms with Crippen molar-refractivity contribution in [2.45, 2.75) is 56.8 Å². The molecule has 0 spiro atoms. The molecule has 20 heavy (non-hydrogen) atoms. The largest absolute Gasteiger partial charge is 0.348 e. The van der Waals surface area contributed by atoms with Crippen LogP contribution in [0.2, 0.25) is 0 Å². The minimum absolute atomic E-state index is 0.120. The zero-order valence-electron chi connectivity index (χ0n) is 12.4. The molecule has 1 amide bonds. The van der Waals surface area contributed by atoms with Crippen molar-refractivity contribution in [3.63, 3.8) is 0 Å². The summed E-state index contributed by atoms with van der Waals surface area (Å²) in [6.45, 7) is 4.28. The van der Waals surface area contributed by atoms with E-state index in [9.17, 15) is 4.79 Å². The third-order valence-electron chi connectivity index (χ3n) is 4.23. The second-order valence-corrected chi connectivity index (χ2v) is 6.83. The highest BCUT2D eigenvalue weighted by Gasteiger charge is 2.32. The molecule has 1 N–H and O–H groups in total. The van der Waals surface area contributed by atoms with Crippen LogP contribution in [0.1, 0.15) is 56.7 Å². The van der Waals surface area contributed by atoms with E-state index in [1.165, 1.54) is 11.1 Å². The molecule has 0 fully saturated rings. The highest BCUT2D eigenvalue weighted by Crippen LogP contribution is 2.36. The lowest BCUT2D eigenvalue weighted by molar-refractivity contribution is -0.126. The highest BCUT2D eigenvalue weighted by molar-refractivity contribution is 9.09. The number of alkyl halides is 1. The van der Waals surface area contributed by atoms with Crippen molar-refractivity contribution in [2.24, 2.45) is 5.92 Å². The first-order valence-electron chi connectivity index (χ1n) is 7.69. The Balaban J connectivity index is 2.04. The summed E-state index contributed by atoms with van der Waals surface area (Å²) in [7, 11) is 0. The van der Waals surface area contributed by atoms with Gasteiger partial charge < -0.3 is 5.32 Å². The maximum Gasteiger partial charge on any atom is 0.223 e. The average molecular weight is 338 g/mol. The second-order valence-electron chi connectivity index (χ2n) is 5.65. The summed E-state index contributed by atoms with van der Waals surface area (Å²) >= 11 is 3.72. The Hall–Kier alpha value is -0.830. The number of benzene rings is 1. The lowest BCUT2D eigenvalue weighted by atomic mass is 9.97. The summed E-state index contributed by atoms with van der Waals surface area (Å²) in [6, 6.07) is 8.53. The summed E-state index contributed by atoms with van der Waals surface area (Å²) in [5.74, 6) is 0.370. The molecular weight excluding hydrogens is 314 g/mol. The number of fused-ring (bicyclic) bond motifs is 1. The van der Waals surface area contributed by atoms with Crippen LogP contribution in [0.3, 0.4) is 0 Å². The van der Waals surface area contributed by atoms with Crippen molar-refractivity contribution in [2.75, 3.05) is 0 Å². The van der Waals surface area contributed by atoms with Crippen LogP contribution in [-0.2, 0) is 11.2 Å². The molecular formula is C17H24BrNO. The molecule has 0 aromatic heterocycles. The van der Waals surface area contributed by atoms with Gasteiger partial charge in [0, 0.05) is 10.7 Å². The van der Waals surface area contributed by atoms with Crippen LogP contribution >= 0.6 is 15.9 Å². The van der Waals surface area contributed by atoms with Gasteiger partial charge in [0.15, 0.2) is 0 Å². The maximum absolute atomic E-state index is 12.5. The minimum Gasteiger partial charge on any atom is -0.348 e. The van der Waals surface area contributed by atoms with Gasteiger partial charge in [-0.25, -0.2) is 0 Å². The lowest BCUT2D eigenvalue weighted by Crippen LogP contribution is -2.36. The Kier molecular flexibility index (Phi) is 5.64. The molecule has 0 saturated heterocycles. The molecule has 0 bridgehead atoms. The van der Waals surface area contributed by atoms with Crippen molar-refractivity contribution in [1.29, 1.82) is 0 Å². The van der Waals surface area contributed by atoms with Crippen molar-refractivity contribution in [3.8, 4) is 0 Å². The standard InChI is InChI=1S/C17H24BrNO/c1-3-5-8-12(4-2)17(20)19-16-14-10-7-6-9-13(14)11-15(16)18/h6-7,9-10,12,15-16H,3-5,8,11H2,1-2H3,(H,19,20). The van der Waals surface area contributed by atoms with Crippen LogP contribution in [0.5, 0.6) is 0 Å². The van der Waals surface area contributed by atoms with Gasteiger partial charge in [0.25, 0.3) is 0 Å². The molecule has 0 radical (unpaired) electrons. The van der Waals surface area contributed by atoms with Crippen LogP contribution in [0, 0.1) is 5.92 Å². The van der Waals surface area contributed by atoms with Gasteiger partial charge in [0.05, 0.1) is 6.04 Å². The van der Waals surface area contributed by atoms with E-state index < -0.39 is 0 Å². The summed E-state index contributed by atoms with van der Waals surface area (Å²) in [6.07, 6.45) is 5.20.